The van der Waals surface area contributed by atoms with E-state index >= 15 is 0 Å². The van der Waals surface area contributed by atoms with Crippen molar-refractivity contribution in [3.63, 3.8) is 0 Å². The Balaban J connectivity index is 1.85. The SMILES string of the molecule is CSc1ccc(S(=O)(=O)NCCOc2ccc(C(C)(C)C)cc2)cc1. The second kappa shape index (κ2) is 8.25. The molecule has 0 aliphatic heterocycles. The lowest BCUT2D eigenvalue weighted by atomic mass is 9.87. The van der Waals surface area contributed by atoms with E-state index in [9.17, 15) is 8.42 Å². The Morgan fingerprint density at radius 3 is 2.12 bits per heavy atom. The summed E-state index contributed by atoms with van der Waals surface area (Å²) >= 11 is 1.57. The first-order valence-electron chi connectivity index (χ1n) is 8.09. The topological polar surface area (TPSA) is 55.4 Å². The normalized spacial score (nSPS) is 12.2. The molecule has 0 unspecified atom stereocenters. The van der Waals surface area contributed by atoms with E-state index in [2.05, 4.69) is 25.5 Å². The zero-order valence-corrected chi connectivity index (χ0v) is 16.7. The van der Waals surface area contributed by atoms with Crippen LogP contribution < -0.4 is 9.46 Å². The van der Waals surface area contributed by atoms with Crippen molar-refractivity contribution in [2.75, 3.05) is 19.4 Å². The Kier molecular flexibility index (Phi) is 6.54. The Hall–Kier alpha value is -1.50. The highest BCUT2D eigenvalue weighted by Gasteiger charge is 2.14. The molecule has 0 bridgehead atoms. The average Bonchev–Trinajstić information content (AvgIpc) is 2.58. The van der Waals surface area contributed by atoms with Gasteiger partial charge in [0.1, 0.15) is 12.4 Å². The van der Waals surface area contributed by atoms with Crippen LogP contribution in [-0.4, -0.2) is 27.8 Å². The van der Waals surface area contributed by atoms with E-state index in [1.165, 1.54) is 5.56 Å². The molecule has 0 atom stereocenters. The molecular weight excluding hydrogens is 354 g/mol. The van der Waals surface area contributed by atoms with E-state index in [4.69, 9.17) is 4.74 Å². The number of ether oxygens (including phenoxy) is 1. The smallest absolute Gasteiger partial charge is 0.240 e. The molecule has 0 aromatic heterocycles. The van der Waals surface area contributed by atoms with Crippen LogP contribution in [0.2, 0.25) is 0 Å². The van der Waals surface area contributed by atoms with Gasteiger partial charge in [-0.05, 0) is 53.6 Å². The number of hydrogen-bond donors (Lipinski definition) is 1. The molecule has 0 aliphatic carbocycles. The molecule has 0 spiro atoms. The second-order valence-electron chi connectivity index (χ2n) is 6.70. The third-order valence-electron chi connectivity index (χ3n) is 3.75. The molecule has 0 radical (unpaired) electrons. The van der Waals surface area contributed by atoms with E-state index in [-0.39, 0.29) is 23.5 Å². The first kappa shape index (κ1) is 19.8. The highest BCUT2D eigenvalue weighted by atomic mass is 32.2. The third kappa shape index (κ3) is 5.76. The molecule has 2 aromatic carbocycles. The summed E-state index contributed by atoms with van der Waals surface area (Å²) in [6, 6.07) is 14.7. The zero-order chi connectivity index (χ0) is 18.5. The second-order valence-corrected chi connectivity index (χ2v) is 9.34. The van der Waals surface area contributed by atoms with Crippen LogP contribution in [-0.2, 0) is 15.4 Å². The molecule has 0 aliphatic rings. The first-order valence-corrected chi connectivity index (χ1v) is 10.8. The van der Waals surface area contributed by atoms with Gasteiger partial charge in [-0.2, -0.15) is 0 Å². The van der Waals surface area contributed by atoms with Crippen molar-refractivity contribution in [3.05, 3.63) is 54.1 Å². The molecule has 136 valence electrons. The van der Waals surface area contributed by atoms with Crippen LogP contribution >= 0.6 is 11.8 Å². The molecule has 25 heavy (non-hydrogen) atoms. The lowest BCUT2D eigenvalue weighted by molar-refractivity contribution is 0.322. The first-order chi connectivity index (χ1) is 11.7. The summed E-state index contributed by atoms with van der Waals surface area (Å²) in [7, 11) is -3.51. The predicted molar refractivity (Wildman–Crippen MR) is 104 cm³/mol. The van der Waals surface area contributed by atoms with Crippen molar-refractivity contribution < 1.29 is 13.2 Å². The highest BCUT2D eigenvalue weighted by Crippen LogP contribution is 2.24. The maximum absolute atomic E-state index is 12.2. The van der Waals surface area contributed by atoms with Crippen LogP contribution in [0.25, 0.3) is 0 Å². The number of hydrogen-bond acceptors (Lipinski definition) is 4. The van der Waals surface area contributed by atoms with Crippen molar-refractivity contribution in [3.8, 4) is 5.75 Å². The molecule has 0 amide bonds. The van der Waals surface area contributed by atoms with Gasteiger partial charge in [-0.1, -0.05) is 32.9 Å². The summed E-state index contributed by atoms with van der Waals surface area (Å²) < 4.78 is 32.6. The van der Waals surface area contributed by atoms with Gasteiger partial charge in [-0.3, -0.25) is 0 Å². The van der Waals surface area contributed by atoms with Gasteiger partial charge in [0.2, 0.25) is 10.0 Å². The van der Waals surface area contributed by atoms with Crippen LogP contribution in [0.4, 0.5) is 0 Å². The minimum atomic E-state index is -3.51. The van der Waals surface area contributed by atoms with Gasteiger partial charge in [-0.25, -0.2) is 13.1 Å². The lowest BCUT2D eigenvalue weighted by Crippen LogP contribution is -2.28. The van der Waals surface area contributed by atoms with E-state index in [1.54, 1.807) is 36.0 Å². The molecule has 0 fully saturated rings. The molecule has 0 saturated carbocycles. The lowest BCUT2D eigenvalue weighted by Gasteiger charge is -2.19. The summed E-state index contributed by atoms with van der Waals surface area (Å²) in [6.45, 7) is 6.96. The number of benzene rings is 2. The molecule has 2 aromatic rings. The van der Waals surface area contributed by atoms with Crippen LogP contribution in [0.15, 0.2) is 58.3 Å². The fourth-order valence-corrected chi connectivity index (χ4v) is 3.66. The van der Waals surface area contributed by atoms with Crippen molar-refractivity contribution >= 4 is 21.8 Å². The summed E-state index contributed by atoms with van der Waals surface area (Å²) in [5, 5.41) is 0. The summed E-state index contributed by atoms with van der Waals surface area (Å²) in [5.41, 5.74) is 1.33. The van der Waals surface area contributed by atoms with Gasteiger partial charge >= 0.3 is 0 Å². The summed E-state index contributed by atoms with van der Waals surface area (Å²) in [6.07, 6.45) is 1.95. The molecule has 4 nitrogen and oxygen atoms in total. The molecule has 1 N–H and O–H groups in total. The van der Waals surface area contributed by atoms with Crippen molar-refractivity contribution in [2.24, 2.45) is 0 Å². The quantitative estimate of drug-likeness (QED) is 0.582. The van der Waals surface area contributed by atoms with Gasteiger partial charge in [0.15, 0.2) is 0 Å². The minimum Gasteiger partial charge on any atom is -0.492 e. The predicted octanol–water partition coefficient (Wildman–Crippen LogP) is 4.06. The third-order valence-corrected chi connectivity index (χ3v) is 5.97. The minimum absolute atomic E-state index is 0.0972. The Morgan fingerprint density at radius 1 is 1.00 bits per heavy atom. The van der Waals surface area contributed by atoms with Gasteiger partial charge in [0.25, 0.3) is 0 Å². The number of nitrogens with one attached hydrogen (secondary N) is 1. The molecule has 6 heteroatoms. The Morgan fingerprint density at radius 2 is 1.60 bits per heavy atom. The van der Waals surface area contributed by atoms with Crippen LogP contribution in [0.3, 0.4) is 0 Å². The van der Waals surface area contributed by atoms with E-state index in [0.717, 1.165) is 10.6 Å². The fraction of sp³-hybridized carbons (Fsp3) is 0.368. The maximum Gasteiger partial charge on any atom is 0.240 e. The molecule has 0 saturated heterocycles. The molecule has 2 rings (SSSR count). The van der Waals surface area contributed by atoms with Gasteiger partial charge in [-0.15, -0.1) is 11.8 Å². The Labute approximate surface area is 155 Å². The largest absolute Gasteiger partial charge is 0.492 e. The van der Waals surface area contributed by atoms with Gasteiger partial charge in [0.05, 0.1) is 4.90 Å². The molecule has 0 heterocycles. The molecular formula is C19H25NO3S2. The Bertz CT molecular complexity index is 777. The highest BCUT2D eigenvalue weighted by molar-refractivity contribution is 7.98. The summed E-state index contributed by atoms with van der Waals surface area (Å²) in [5.74, 6) is 0.733. The number of rotatable bonds is 7. The van der Waals surface area contributed by atoms with Crippen LogP contribution in [0.5, 0.6) is 5.75 Å². The van der Waals surface area contributed by atoms with E-state index in [0.29, 0.717) is 0 Å². The van der Waals surface area contributed by atoms with Crippen LogP contribution in [0, 0.1) is 0 Å². The number of thioether (sulfide) groups is 1. The van der Waals surface area contributed by atoms with E-state index in [1.807, 2.05) is 30.5 Å². The van der Waals surface area contributed by atoms with Gasteiger partial charge in [0, 0.05) is 11.4 Å². The van der Waals surface area contributed by atoms with E-state index < -0.39 is 10.0 Å². The number of sulfonamides is 1. The van der Waals surface area contributed by atoms with Crippen molar-refractivity contribution in [1.29, 1.82) is 0 Å². The van der Waals surface area contributed by atoms with Crippen molar-refractivity contribution in [1.82, 2.24) is 4.72 Å². The maximum atomic E-state index is 12.2. The zero-order valence-electron chi connectivity index (χ0n) is 15.1. The monoisotopic (exact) mass is 379 g/mol. The van der Waals surface area contributed by atoms with Gasteiger partial charge < -0.3 is 4.74 Å². The standard InChI is InChI=1S/C19H25NO3S2/c1-19(2,3)15-5-7-16(8-6-15)23-14-13-20-25(21,22)18-11-9-17(24-4)10-12-18/h5-12,20H,13-14H2,1-4H3. The fourth-order valence-electron chi connectivity index (χ4n) is 2.23. The van der Waals surface area contributed by atoms with Crippen molar-refractivity contribution in [2.45, 2.75) is 36.0 Å². The average molecular weight is 380 g/mol. The summed E-state index contributed by atoms with van der Waals surface area (Å²) in [4.78, 5) is 1.29. The van der Waals surface area contributed by atoms with Crippen LogP contribution in [0.1, 0.15) is 26.3 Å².